The van der Waals surface area contributed by atoms with E-state index in [-0.39, 0.29) is 12.3 Å². The highest BCUT2D eigenvalue weighted by Gasteiger charge is 2.07. The number of aliphatic carboxylic acids is 1. The Morgan fingerprint density at radius 3 is 2.50 bits per heavy atom. The van der Waals surface area contributed by atoms with Gasteiger partial charge in [0.15, 0.2) is 0 Å². The Kier molecular flexibility index (Phi) is 8.04. The average Bonchev–Trinajstić information content (AvgIpc) is 2.49. The highest BCUT2D eigenvalue weighted by Crippen LogP contribution is 2.18. The number of benzene rings is 1. The molecule has 0 unspecified atom stereocenters. The number of methoxy groups -OCH3 is 1. The van der Waals surface area contributed by atoms with E-state index in [1.54, 1.807) is 19.2 Å². The van der Waals surface area contributed by atoms with Gasteiger partial charge in [0.25, 0.3) is 5.91 Å². The summed E-state index contributed by atoms with van der Waals surface area (Å²) in [4.78, 5) is 22.4. The fraction of sp³-hybridized carbons (Fsp3) is 0.529. The number of amides is 1. The Morgan fingerprint density at radius 2 is 1.82 bits per heavy atom. The number of ether oxygens (including phenoxy) is 1. The Hall–Kier alpha value is -2.04. The van der Waals surface area contributed by atoms with E-state index in [9.17, 15) is 9.59 Å². The average molecular weight is 307 g/mol. The third-order valence-electron chi connectivity index (χ3n) is 3.52. The lowest BCUT2D eigenvalue weighted by atomic mass is 10.1. The zero-order valence-corrected chi connectivity index (χ0v) is 13.4. The van der Waals surface area contributed by atoms with Crippen LogP contribution in [0.15, 0.2) is 18.2 Å². The van der Waals surface area contributed by atoms with Crippen LogP contribution < -0.4 is 10.1 Å². The summed E-state index contributed by atoms with van der Waals surface area (Å²) in [5.41, 5.74) is 1.60. The molecule has 1 amide bonds. The molecule has 0 aliphatic rings. The molecule has 5 heteroatoms. The lowest BCUT2D eigenvalue weighted by molar-refractivity contribution is -0.137. The van der Waals surface area contributed by atoms with Gasteiger partial charge in [0.2, 0.25) is 0 Å². The number of carbonyl (C=O) groups is 2. The monoisotopic (exact) mass is 307 g/mol. The smallest absolute Gasteiger partial charge is 0.303 e. The van der Waals surface area contributed by atoms with Crippen molar-refractivity contribution in [3.05, 3.63) is 29.3 Å². The van der Waals surface area contributed by atoms with Crippen LogP contribution in [0.3, 0.4) is 0 Å². The van der Waals surface area contributed by atoms with Crippen LogP contribution in [-0.4, -0.2) is 30.6 Å². The molecular formula is C17H25NO4. The molecule has 0 radical (unpaired) electrons. The van der Waals surface area contributed by atoms with Crippen molar-refractivity contribution in [2.45, 2.75) is 45.4 Å². The quantitative estimate of drug-likeness (QED) is 0.651. The highest BCUT2D eigenvalue weighted by molar-refractivity contribution is 5.94. The summed E-state index contributed by atoms with van der Waals surface area (Å²) in [5, 5.41) is 11.4. The highest BCUT2D eigenvalue weighted by atomic mass is 16.5. The van der Waals surface area contributed by atoms with E-state index in [0.717, 1.165) is 37.7 Å². The van der Waals surface area contributed by atoms with E-state index in [4.69, 9.17) is 9.84 Å². The van der Waals surface area contributed by atoms with Gasteiger partial charge in [0.1, 0.15) is 5.75 Å². The van der Waals surface area contributed by atoms with Gasteiger partial charge in [0, 0.05) is 18.5 Å². The molecule has 0 aromatic heterocycles. The summed E-state index contributed by atoms with van der Waals surface area (Å²) in [7, 11) is 1.59. The minimum absolute atomic E-state index is 0.0934. The van der Waals surface area contributed by atoms with E-state index in [1.807, 2.05) is 13.0 Å². The van der Waals surface area contributed by atoms with Crippen molar-refractivity contribution in [3.63, 3.8) is 0 Å². The van der Waals surface area contributed by atoms with Crippen molar-refractivity contribution in [3.8, 4) is 5.75 Å². The second-order valence-corrected chi connectivity index (χ2v) is 5.35. The maximum Gasteiger partial charge on any atom is 0.303 e. The van der Waals surface area contributed by atoms with Crippen molar-refractivity contribution in [1.82, 2.24) is 5.32 Å². The predicted octanol–water partition coefficient (Wildman–Crippen LogP) is 3.16. The van der Waals surface area contributed by atoms with Crippen molar-refractivity contribution in [2.75, 3.05) is 13.7 Å². The first kappa shape index (κ1) is 18.0. The van der Waals surface area contributed by atoms with Crippen molar-refractivity contribution >= 4 is 11.9 Å². The molecule has 1 rings (SSSR count). The second kappa shape index (κ2) is 9.82. The predicted molar refractivity (Wildman–Crippen MR) is 85.4 cm³/mol. The van der Waals surface area contributed by atoms with Gasteiger partial charge in [-0.2, -0.15) is 0 Å². The zero-order valence-electron chi connectivity index (χ0n) is 13.4. The van der Waals surface area contributed by atoms with Crippen LogP contribution in [0.25, 0.3) is 0 Å². The number of aryl methyl sites for hydroxylation is 1. The number of unbranched alkanes of at least 4 members (excludes halogenated alkanes) is 4. The molecule has 122 valence electrons. The Morgan fingerprint density at radius 1 is 1.14 bits per heavy atom. The van der Waals surface area contributed by atoms with Crippen molar-refractivity contribution in [1.29, 1.82) is 0 Å². The SMILES string of the molecule is COc1cc(C(=O)NCCCCCCCC(=O)O)ccc1C. The number of rotatable bonds is 10. The minimum Gasteiger partial charge on any atom is -0.496 e. The molecule has 1 aromatic carbocycles. The summed E-state index contributed by atoms with van der Waals surface area (Å²) < 4.78 is 5.21. The van der Waals surface area contributed by atoms with E-state index >= 15 is 0 Å². The summed E-state index contributed by atoms with van der Waals surface area (Å²) in [6.45, 7) is 2.57. The molecule has 2 N–H and O–H groups in total. The molecule has 0 aliphatic heterocycles. The van der Waals surface area contributed by atoms with Crippen LogP contribution in [0.1, 0.15) is 54.4 Å². The Balaban J connectivity index is 2.19. The van der Waals surface area contributed by atoms with Gasteiger partial charge in [-0.15, -0.1) is 0 Å². The van der Waals surface area contributed by atoms with E-state index in [2.05, 4.69) is 5.32 Å². The number of hydrogen-bond donors (Lipinski definition) is 2. The number of carboxylic acids is 1. The fourth-order valence-electron chi connectivity index (χ4n) is 2.20. The topological polar surface area (TPSA) is 75.6 Å². The lowest BCUT2D eigenvalue weighted by Gasteiger charge is -2.08. The van der Waals surface area contributed by atoms with E-state index in [0.29, 0.717) is 17.9 Å². The molecule has 5 nitrogen and oxygen atoms in total. The summed E-state index contributed by atoms with van der Waals surface area (Å²) in [6.07, 6.45) is 4.80. The summed E-state index contributed by atoms with van der Waals surface area (Å²) in [6, 6.07) is 5.41. The van der Waals surface area contributed by atoms with Crippen molar-refractivity contribution in [2.24, 2.45) is 0 Å². The normalized spacial score (nSPS) is 10.3. The number of carboxylic acid groups (broad SMARTS) is 1. The maximum absolute atomic E-state index is 12.0. The van der Waals surface area contributed by atoms with Crippen LogP contribution in [0.2, 0.25) is 0 Å². The van der Waals surface area contributed by atoms with Gasteiger partial charge < -0.3 is 15.2 Å². The molecule has 0 saturated heterocycles. The minimum atomic E-state index is -0.735. The largest absolute Gasteiger partial charge is 0.496 e. The molecular weight excluding hydrogens is 282 g/mol. The van der Waals surface area contributed by atoms with Crippen molar-refractivity contribution < 1.29 is 19.4 Å². The van der Waals surface area contributed by atoms with Crippen LogP contribution in [0, 0.1) is 6.92 Å². The molecule has 1 aromatic rings. The molecule has 0 atom stereocenters. The van der Waals surface area contributed by atoms with Gasteiger partial charge in [-0.1, -0.05) is 25.3 Å². The molecule has 0 saturated carbocycles. The van der Waals surface area contributed by atoms with Crippen LogP contribution in [-0.2, 0) is 4.79 Å². The standard InChI is InChI=1S/C17H25NO4/c1-13-9-10-14(12-15(13)22-2)17(21)18-11-7-5-3-4-6-8-16(19)20/h9-10,12H,3-8,11H2,1-2H3,(H,18,21)(H,19,20). The van der Waals surface area contributed by atoms with Gasteiger partial charge in [-0.05, 0) is 37.5 Å². The number of carbonyl (C=O) groups excluding carboxylic acids is 1. The Labute approximate surface area is 131 Å². The van der Waals surface area contributed by atoms with Gasteiger partial charge in [-0.3, -0.25) is 9.59 Å². The molecule has 0 spiro atoms. The Bertz CT molecular complexity index is 499. The summed E-state index contributed by atoms with van der Waals surface area (Å²) in [5.74, 6) is -0.115. The molecule has 0 heterocycles. The first-order valence-corrected chi connectivity index (χ1v) is 7.69. The van der Waals surface area contributed by atoms with Gasteiger partial charge >= 0.3 is 5.97 Å². The number of hydrogen-bond acceptors (Lipinski definition) is 3. The third kappa shape index (κ3) is 6.61. The van der Waals surface area contributed by atoms with Crippen LogP contribution >= 0.6 is 0 Å². The molecule has 22 heavy (non-hydrogen) atoms. The zero-order chi connectivity index (χ0) is 16.4. The molecule has 0 aliphatic carbocycles. The van der Waals surface area contributed by atoms with Gasteiger partial charge in [-0.25, -0.2) is 0 Å². The van der Waals surface area contributed by atoms with Crippen LogP contribution in [0.4, 0.5) is 0 Å². The molecule has 0 bridgehead atoms. The fourth-order valence-corrected chi connectivity index (χ4v) is 2.20. The molecule has 0 fully saturated rings. The number of nitrogens with one attached hydrogen (secondary N) is 1. The first-order chi connectivity index (χ1) is 10.5. The van der Waals surface area contributed by atoms with E-state index in [1.165, 1.54) is 0 Å². The summed E-state index contributed by atoms with van der Waals surface area (Å²) >= 11 is 0. The maximum atomic E-state index is 12.0. The lowest BCUT2D eigenvalue weighted by Crippen LogP contribution is -2.24. The third-order valence-corrected chi connectivity index (χ3v) is 3.52. The van der Waals surface area contributed by atoms with Crippen LogP contribution in [0.5, 0.6) is 5.75 Å². The first-order valence-electron chi connectivity index (χ1n) is 7.69. The van der Waals surface area contributed by atoms with Gasteiger partial charge in [0.05, 0.1) is 7.11 Å². The second-order valence-electron chi connectivity index (χ2n) is 5.35. The van der Waals surface area contributed by atoms with E-state index < -0.39 is 5.97 Å².